The highest BCUT2D eigenvalue weighted by molar-refractivity contribution is 5.93. The molecule has 0 fully saturated rings. The number of carbonyl (C=O) groups excluding carboxylic acids is 1. The van der Waals surface area contributed by atoms with Gasteiger partial charge in [-0.2, -0.15) is 0 Å². The first-order valence-corrected chi connectivity index (χ1v) is 5.22. The SMILES string of the molecule is CCN(C(=O)CC(C)(C)O)c1cncnc1. The number of anilines is 1. The highest BCUT2D eigenvalue weighted by atomic mass is 16.3. The molecule has 0 aliphatic carbocycles. The molecule has 1 aromatic rings. The molecule has 5 heteroatoms. The molecule has 0 saturated carbocycles. The van der Waals surface area contributed by atoms with Crippen LogP contribution in [0.4, 0.5) is 5.69 Å². The molecule has 0 bridgehead atoms. The minimum Gasteiger partial charge on any atom is -0.390 e. The van der Waals surface area contributed by atoms with Crippen LogP contribution in [0.15, 0.2) is 18.7 Å². The molecule has 16 heavy (non-hydrogen) atoms. The van der Waals surface area contributed by atoms with Gasteiger partial charge < -0.3 is 10.0 Å². The van der Waals surface area contributed by atoms with Crippen molar-refractivity contribution in [3.05, 3.63) is 18.7 Å². The van der Waals surface area contributed by atoms with Crippen molar-refractivity contribution in [2.75, 3.05) is 11.4 Å². The molecule has 0 radical (unpaired) electrons. The molecule has 0 aromatic carbocycles. The van der Waals surface area contributed by atoms with E-state index >= 15 is 0 Å². The molecule has 1 N–H and O–H groups in total. The van der Waals surface area contributed by atoms with Gasteiger partial charge in [0.2, 0.25) is 5.91 Å². The third kappa shape index (κ3) is 3.58. The Morgan fingerprint density at radius 2 is 2.00 bits per heavy atom. The van der Waals surface area contributed by atoms with Crippen molar-refractivity contribution < 1.29 is 9.90 Å². The Bertz CT molecular complexity index is 346. The fourth-order valence-corrected chi connectivity index (χ4v) is 1.40. The quantitative estimate of drug-likeness (QED) is 0.826. The summed E-state index contributed by atoms with van der Waals surface area (Å²) in [5.74, 6) is -0.134. The van der Waals surface area contributed by atoms with Gasteiger partial charge in [-0.25, -0.2) is 9.97 Å². The van der Waals surface area contributed by atoms with Crippen LogP contribution < -0.4 is 4.90 Å². The summed E-state index contributed by atoms with van der Waals surface area (Å²) in [6.07, 6.45) is 4.66. The summed E-state index contributed by atoms with van der Waals surface area (Å²) in [7, 11) is 0. The van der Waals surface area contributed by atoms with Crippen molar-refractivity contribution in [3.63, 3.8) is 0 Å². The maximum atomic E-state index is 11.9. The Kier molecular flexibility index (Phi) is 3.95. The minimum atomic E-state index is -1.000. The molecular weight excluding hydrogens is 206 g/mol. The summed E-state index contributed by atoms with van der Waals surface area (Å²) in [6.45, 7) is 5.62. The maximum Gasteiger partial charge on any atom is 0.229 e. The molecule has 0 atom stereocenters. The van der Waals surface area contributed by atoms with E-state index in [1.54, 1.807) is 31.1 Å². The normalized spacial score (nSPS) is 11.2. The van der Waals surface area contributed by atoms with E-state index < -0.39 is 5.60 Å². The second-order valence-corrected chi connectivity index (χ2v) is 4.22. The van der Waals surface area contributed by atoms with Crippen LogP contribution in [0.1, 0.15) is 27.2 Å². The highest BCUT2D eigenvalue weighted by Crippen LogP contribution is 2.15. The monoisotopic (exact) mass is 223 g/mol. The van der Waals surface area contributed by atoms with Crippen LogP contribution in [0.2, 0.25) is 0 Å². The summed E-state index contributed by atoms with van der Waals surface area (Å²) in [6, 6.07) is 0. The van der Waals surface area contributed by atoms with Crippen LogP contribution in [-0.4, -0.2) is 33.1 Å². The lowest BCUT2D eigenvalue weighted by Crippen LogP contribution is -2.36. The van der Waals surface area contributed by atoms with Crippen LogP contribution in [0.5, 0.6) is 0 Å². The molecule has 1 heterocycles. The minimum absolute atomic E-state index is 0.0791. The Hall–Kier alpha value is -1.49. The molecule has 0 saturated heterocycles. The molecule has 0 aliphatic heterocycles. The van der Waals surface area contributed by atoms with Crippen molar-refractivity contribution in [2.45, 2.75) is 32.8 Å². The Morgan fingerprint density at radius 1 is 1.44 bits per heavy atom. The van der Waals surface area contributed by atoms with Gasteiger partial charge in [0, 0.05) is 6.54 Å². The van der Waals surface area contributed by atoms with Crippen molar-refractivity contribution in [3.8, 4) is 0 Å². The lowest BCUT2D eigenvalue weighted by atomic mass is 10.0. The first-order valence-electron chi connectivity index (χ1n) is 5.22. The van der Waals surface area contributed by atoms with E-state index in [1.165, 1.54) is 6.33 Å². The molecule has 0 spiro atoms. The molecule has 1 amide bonds. The van der Waals surface area contributed by atoms with Crippen molar-refractivity contribution in [1.29, 1.82) is 0 Å². The highest BCUT2D eigenvalue weighted by Gasteiger charge is 2.22. The van der Waals surface area contributed by atoms with Crippen molar-refractivity contribution in [2.24, 2.45) is 0 Å². The van der Waals surface area contributed by atoms with Crippen molar-refractivity contribution >= 4 is 11.6 Å². The van der Waals surface area contributed by atoms with Crippen LogP contribution in [0, 0.1) is 0 Å². The zero-order chi connectivity index (χ0) is 12.2. The Morgan fingerprint density at radius 3 is 2.44 bits per heavy atom. The summed E-state index contributed by atoms with van der Waals surface area (Å²) in [5, 5.41) is 9.60. The maximum absolute atomic E-state index is 11.9. The zero-order valence-electron chi connectivity index (χ0n) is 9.84. The van der Waals surface area contributed by atoms with Crippen LogP contribution in [-0.2, 0) is 4.79 Å². The first kappa shape index (κ1) is 12.6. The van der Waals surface area contributed by atoms with Gasteiger partial charge in [0.25, 0.3) is 0 Å². The number of amides is 1. The van der Waals surface area contributed by atoms with Crippen LogP contribution in [0.3, 0.4) is 0 Å². The standard InChI is InChI=1S/C11H17N3O2/c1-4-14(9-6-12-8-13-7-9)10(15)5-11(2,3)16/h6-8,16H,4-5H2,1-3H3. The molecule has 5 nitrogen and oxygen atoms in total. The van der Waals surface area contributed by atoms with E-state index in [9.17, 15) is 9.90 Å². The van der Waals surface area contributed by atoms with Gasteiger partial charge in [-0.1, -0.05) is 0 Å². The van der Waals surface area contributed by atoms with Crippen LogP contribution in [0.25, 0.3) is 0 Å². The fraction of sp³-hybridized carbons (Fsp3) is 0.545. The van der Waals surface area contributed by atoms with Gasteiger partial charge in [-0.15, -0.1) is 0 Å². The predicted molar refractivity (Wildman–Crippen MR) is 61.0 cm³/mol. The summed E-state index contributed by atoms with van der Waals surface area (Å²) >= 11 is 0. The third-order valence-electron chi connectivity index (χ3n) is 2.06. The van der Waals surface area contributed by atoms with Gasteiger partial charge in [0.15, 0.2) is 0 Å². The summed E-state index contributed by atoms with van der Waals surface area (Å²) in [5.41, 5.74) is -0.348. The van der Waals surface area contributed by atoms with E-state index in [1.807, 2.05) is 6.92 Å². The molecule has 88 valence electrons. The van der Waals surface area contributed by atoms with Crippen LogP contribution >= 0.6 is 0 Å². The average Bonchev–Trinajstić information content (AvgIpc) is 2.17. The summed E-state index contributed by atoms with van der Waals surface area (Å²) < 4.78 is 0. The smallest absolute Gasteiger partial charge is 0.229 e. The van der Waals surface area contributed by atoms with E-state index in [2.05, 4.69) is 9.97 Å². The number of aromatic nitrogens is 2. The molecule has 1 aromatic heterocycles. The van der Waals surface area contributed by atoms with E-state index in [-0.39, 0.29) is 12.3 Å². The van der Waals surface area contributed by atoms with Gasteiger partial charge in [-0.05, 0) is 20.8 Å². The average molecular weight is 223 g/mol. The number of hydrogen-bond donors (Lipinski definition) is 1. The second kappa shape index (κ2) is 5.03. The number of carbonyl (C=O) groups is 1. The molecular formula is C11H17N3O2. The fourth-order valence-electron chi connectivity index (χ4n) is 1.40. The zero-order valence-corrected chi connectivity index (χ0v) is 9.84. The number of hydrogen-bond acceptors (Lipinski definition) is 4. The van der Waals surface area contributed by atoms with Gasteiger partial charge in [-0.3, -0.25) is 4.79 Å². The topological polar surface area (TPSA) is 66.3 Å². The lowest BCUT2D eigenvalue weighted by molar-refractivity contribution is -0.122. The number of aliphatic hydroxyl groups is 1. The Labute approximate surface area is 95.1 Å². The van der Waals surface area contributed by atoms with Gasteiger partial charge >= 0.3 is 0 Å². The van der Waals surface area contributed by atoms with Gasteiger partial charge in [0.05, 0.1) is 30.1 Å². The van der Waals surface area contributed by atoms with Gasteiger partial charge in [0.1, 0.15) is 6.33 Å². The molecule has 0 aliphatic rings. The lowest BCUT2D eigenvalue weighted by Gasteiger charge is -2.24. The molecule has 1 rings (SSSR count). The van der Waals surface area contributed by atoms with E-state index in [4.69, 9.17) is 0 Å². The number of nitrogens with zero attached hydrogens (tertiary/aromatic N) is 3. The van der Waals surface area contributed by atoms with Crippen molar-refractivity contribution in [1.82, 2.24) is 9.97 Å². The van der Waals surface area contributed by atoms with E-state index in [0.717, 1.165) is 0 Å². The second-order valence-electron chi connectivity index (χ2n) is 4.22. The van der Waals surface area contributed by atoms with E-state index in [0.29, 0.717) is 12.2 Å². The largest absolute Gasteiger partial charge is 0.390 e. The first-order chi connectivity index (χ1) is 7.44. The predicted octanol–water partition coefficient (Wildman–Crippen LogP) is 0.991. The molecule has 0 unspecified atom stereocenters. The third-order valence-corrected chi connectivity index (χ3v) is 2.06. The Balaban J connectivity index is 2.80. The summed E-state index contributed by atoms with van der Waals surface area (Å²) in [4.78, 5) is 21.2. The number of rotatable bonds is 4.